The summed E-state index contributed by atoms with van der Waals surface area (Å²) in [5.74, 6) is 1.40. The maximum absolute atomic E-state index is 9.26. The standard InChI is InChI=1S/C16H34N2O/c1-5-16(3,4)14-8-7-13(12-17)15(11-14)18(6-2)9-10-19/h13-15,19H,5-12,17H2,1-4H3. The summed E-state index contributed by atoms with van der Waals surface area (Å²) in [6.07, 6.45) is 5.05. The Hall–Kier alpha value is -0.120. The molecule has 0 aromatic heterocycles. The van der Waals surface area contributed by atoms with Crippen LogP contribution < -0.4 is 5.73 Å². The topological polar surface area (TPSA) is 49.5 Å². The molecule has 3 heteroatoms. The van der Waals surface area contributed by atoms with Crippen molar-refractivity contribution in [2.75, 3.05) is 26.2 Å². The highest BCUT2D eigenvalue weighted by Gasteiger charge is 2.38. The summed E-state index contributed by atoms with van der Waals surface area (Å²) in [5, 5.41) is 9.26. The lowest BCUT2D eigenvalue weighted by molar-refractivity contribution is 0.0322. The van der Waals surface area contributed by atoms with Crippen molar-refractivity contribution in [1.29, 1.82) is 0 Å². The third-order valence-electron chi connectivity index (χ3n) is 5.54. The van der Waals surface area contributed by atoms with Crippen LogP contribution in [-0.2, 0) is 0 Å². The van der Waals surface area contributed by atoms with E-state index in [1.54, 1.807) is 0 Å². The molecule has 1 saturated carbocycles. The van der Waals surface area contributed by atoms with Crippen LogP contribution >= 0.6 is 0 Å². The van der Waals surface area contributed by atoms with Crippen LogP contribution in [0.1, 0.15) is 53.4 Å². The van der Waals surface area contributed by atoms with E-state index in [1.807, 2.05) is 0 Å². The fraction of sp³-hybridized carbons (Fsp3) is 1.00. The van der Waals surface area contributed by atoms with Gasteiger partial charge in [0.15, 0.2) is 0 Å². The van der Waals surface area contributed by atoms with E-state index < -0.39 is 0 Å². The summed E-state index contributed by atoms with van der Waals surface area (Å²) in [4.78, 5) is 2.44. The maximum Gasteiger partial charge on any atom is 0.0558 e. The van der Waals surface area contributed by atoms with Gasteiger partial charge in [-0.25, -0.2) is 0 Å². The lowest BCUT2D eigenvalue weighted by Crippen LogP contribution is -2.49. The van der Waals surface area contributed by atoms with E-state index in [4.69, 9.17) is 5.73 Å². The maximum atomic E-state index is 9.26. The molecule has 19 heavy (non-hydrogen) atoms. The summed E-state index contributed by atoms with van der Waals surface area (Å²) in [5.41, 5.74) is 6.41. The Morgan fingerprint density at radius 2 is 1.95 bits per heavy atom. The fourth-order valence-corrected chi connectivity index (χ4v) is 3.62. The smallest absolute Gasteiger partial charge is 0.0558 e. The summed E-state index contributed by atoms with van der Waals surface area (Å²) in [6, 6.07) is 0.562. The number of aliphatic hydroxyl groups is 1. The Kier molecular flexibility index (Phi) is 6.78. The minimum Gasteiger partial charge on any atom is -0.395 e. The van der Waals surface area contributed by atoms with Crippen molar-refractivity contribution in [2.24, 2.45) is 23.0 Å². The average molecular weight is 270 g/mol. The molecule has 0 radical (unpaired) electrons. The largest absolute Gasteiger partial charge is 0.395 e. The Bertz CT molecular complexity index is 255. The lowest BCUT2D eigenvalue weighted by atomic mass is 9.65. The molecule has 0 aromatic rings. The average Bonchev–Trinajstić information content (AvgIpc) is 2.44. The van der Waals surface area contributed by atoms with Gasteiger partial charge in [0, 0.05) is 12.6 Å². The number of rotatable bonds is 7. The van der Waals surface area contributed by atoms with Gasteiger partial charge in [-0.05, 0) is 49.6 Å². The Morgan fingerprint density at radius 3 is 2.42 bits per heavy atom. The van der Waals surface area contributed by atoms with Gasteiger partial charge in [0.05, 0.1) is 6.61 Å². The molecule has 0 spiro atoms. The molecule has 1 aliphatic carbocycles. The monoisotopic (exact) mass is 270 g/mol. The number of likely N-dealkylation sites (N-methyl/N-ethyl adjacent to an activating group) is 1. The first kappa shape index (κ1) is 16.9. The van der Waals surface area contributed by atoms with Gasteiger partial charge in [-0.3, -0.25) is 4.90 Å². The van der Waals surface area contributed by atoms with Gasteiger partial charge in [-0.2, -0.15) is 0 Å². The second-order valence-corrected chi connectivity index (χ2v) is 6.77. The van der Waals surface area contributed by atoms with Gasteiger partial charge < -0.3 is 10.8 Å². The van der Waals surface area contributed by atoms with Gasteiger partial charge in [-0.15, -0.1) is 0 Å². The van der Waals surface area contributed by atoms with Crippen molar-refractivity contribution in [1.82, 2.24) is 4.90 Å². The van der Waals surface area contributed by atoms with Crippen molar-refractivity contribution in [2.45, 2.75) is 59.4 Å². The first-order chi connectivity index (χ1) is 9.00. The van der Waals surface area contributed by atoms with E-state index >= 15 is 0 Å². The first-order valence-corrected chi connectivity index (χ1v) is 8.05. The van der Waals surface area contributed by atoms with Crippen LogP contribution in [-0.4, -0.2) is 42.3 Å². The number of nitrogens with two attached hydrogens (primary N) is 1. The summed E-state index contributed by atoms with van der Waals surface area (Å²) in [6.45, 7) is 12.1. The van der Waals surface area contributed by atoms with Crippen LogP contribution in [0.3, 0.4) is 0 Å². The highest BCUT2D eigenvalue weighted by molar-refractivity contribution is 4.91. The Labute approximate surface area is 119 Å². The quantitative estimate of drug-likeness (QED) is 0.747. The van der Waals surface area contributed by atoms with Crippen molar-refractivity contribution in [3.63, 3.8) is 0 Å². The summed E-state index contributed by atoms with van der Waals surface area (Å²) < 4.78 is 0. The lowest BCUT2D eigenvalue weighted by Gasteiger charge is -2.46. The van der Waals surface area contributed by atoms with Crippen LogP contribution in [0.5, 0.6) is 0 Å². The Morgan fingerprint density at radius 1 is 1.26 bits per heavy atom. The second-order valence-electron chi connectivity index (χ2n) is 6.77. The molecule has 0 bridgehead atoms. The predicted molar refractivity (Wildman–Crippen MR) is 82.1 cm³/mol. The molecule has 1 fully saturated rings. The van der Waals surface area contributed by atoms with E-state index in [1.165, 1.54) is 25.7 Å². The van der Waals surface area contributed by atoms with Crippen molar-refractivity contribution in [3.05, 3.63) is 0 Å². The summed E-state index contributed by atoms with van der Waals surface area (Å²) in [7, 11) is 0. The molecule has 1 aliphatic rings. The van der Waals surface area contributed by atoms with Gasteiger partial charge in [0.1, 0.15) is 0 Å². The van der Waals surface area contributed by atoms with Gasteiger partial charge in [0.2, 0.25) is 0 Å². The molecule has 0 amide bonds. The second kappa shape index (κ2) is 7.61. The predicted octanol–water partition coefficient (Wildman–Crippen LogP) is 2.48. The van der Waals surface area contributed by atoms with Crippen molar-refractivity contribution >= 4 is 0 Å². The van der Waals surface area contributed by atoms with Crippen molar-refractivity contribution < 1.29 is 5.11 Å². The zero-order valence-corrected chi connectivity index (χ0v) is 13.4. The third kappa shape index (κ3) is 4.17. The minimum atomic E-state index is 0.253. The van der Waals surface area contributed by atoms with Gasteiger partial charge >= 0.3 is 0 Å². The summed E-state index contributed by atoms with van der Waals surface area (Å²) >= 11 is 0. The fourth-order valence-electron chi connectivity index (χ4n) is 3.62. The van der Waals surface area contributed by atoms with E-state index in [9.17, 15) is 5.11 Å². The molecular formula is C16H34N2O. The molecule has 0 heterocycles. The normalized spacial score (nSPS) is 28.9. The molecule has 0 saturated heterocycles. The van der Waals surface area contributed by atoms with E-state index in [-0.39, 0.29) is 6.61 Å². The molecular weight excluding hydrogens is 236 g/mol. The number of hydrogen-bond acceptors (Lipinski definition) is 3. The molecule has 1 rings (SSSR count). The number of hydrogen-bond donors (Lipinski definition) is 2. The molecule has 3 unspecified atom stereocenters. The number of nitrogens with zero attached hydrogens (tertiary/aromatic N) is 1. The van der Waals surface area contributed by atoms with Crippen LogP contribution in [0.25, 0.3) is 0 Å². The molecule has 3 atom stereocenters. The highest BCUT2D eigenvalue weighted by atomic mass is 16.3. The number of aliphatic hydroxyl groups excluding tert-OH is 1. The first-order valence-electron chi connectivity index (χ1n) is 8.05. The highest BCUT2D eigenvalue weighted by Crippen LogP contribution is 2.43. The van der Waals surface area contributed by atoms with Crippen LogP contribution in [0.2, 0.25) is 0 Å². The van der Waals surface area contributed by atoms with E-state index in [0.29, 0.717) is 17.4 Å². The van der Waals surface area contributed by atoms with E-state index in [2.05, 4.69) is 32.6 Å². The van der Waals surface area contributed by atoms with Crippen LogP contribution in [0, 0.1) is 17.3 Å². The molecule has 114 valence electrons. The third-order valence-corrected chi connectivity index (χ3v) is 5.54. The molecule has 3 nitrogen and oxygen atoms in total. The SMILES string of the molecule is CCN(CCO)C1CC(C(C)(C)CC)CCC1CN. The van der Waals surface area contributed by atoms with Crippen LogP contribution in [0.15, 0.2) is 0 Å². The van der Waals surface area contributed by atoms with Gasteiger partial charge in [-0.1, -0.05) is 34.1 Å². The van der Waals surface area contributed by atoms with Crippen LogP contribution in [0.4, 0.5) is 0 Å². The molecule has 0 aliphatic heterocycles. The zero-order valence-electron chi connectivity index (χ0n) is 13.4. The molecule has 3 N–H and O–H groups in total. The van der Waals surface area contributed by atoms with Crippen molar-refractivity contribution in [3.8, 4) is 0 Å². The minimum absolute atomic E-state index is 0.253. The Balaban J connectivity index is 2.78. The van der Waals surface area contributed by atoms with E-state index in [0.717, 1.165) is 25.6 Å². The zero-order chi connectivity index (χ0) is 14.5. The molecule has 0 aromatic carbocycles. The van der Waals surface area contributed by atoms with Gasteiger partial charge in [0.25, 0.3) is 0 Å².